The lowest BCUT2D eigenvalue weighted by Crippen LogP contribution is -2.18. The summed E-state index contributed by atoms with van der Waals surface area (Å²) in [7, 11) is 0. The maximum atomic E-state index is 5.09. The fourth-order valence-electron chi connectivity index (χ4n) is 2.50. The lowest BCUT2D eigenvalue weighted by molar-refractivity contribution is 0.477. The molecule has 0 aromatic carbocycles. The zero-order valence-corrected chi connectivity index (χ0v) is 9.54. The molecular formula is C13H14N3O. The Bertz CT molecular complexity index is 455. The number of oxazole rings is 1. The number of hydrogen-bond donors (Lipinski definition) is 0. The average Bonchev–Trinajstić information content (AvgIpc) is 2.94. The molecule has 2 heterocycles. The van der Waals surface area contributed by atoms with Crippen molar-refractivity contribution in [1.82, 2.24) is 15.0 Å². The van der Waals surface area contributed by atoms with Gasteiger partial charge in [-0.05, 0) is 12.8 Å². The summed E-state index contributed by atoms with van der Waals surface area (Å²) in [5.41, 5.74) is 2.02. The van der Waals surface area contributed by atoms with Gasteiger partial charge in [0.25, 0.3) is 0 Å². The predicted octanol–water partition coefficient (Wildman–Crippen LogP) is 2.74. The van der Waals surface area contributed by atoms with Crippen molar-refractivity contribution in [3.05, 3.63) is 48.6 Å². The minimum Gasteiger partial charge on any atom is -0.451 e. The Morgan fingerprint density at radius 2 is 2.18 bits per heavy atom. The van der Waals surface area contributed by atoms with E-state index in [0.29, 0.717) is 5.92 Å². The number of hydrogen-bond acceptors (Lipinski definition) is 4. The molecule has 1 aliphatic carbocycles. The predicted molar refractivity (Wildman–Crippen MR) is 62.1 cm³/mol. The van der Waals surface area contributed by atoms with E-state index in [0.717, 1.165) is 24.2 Å². The summed E-state index contributed by atoms with van der Waals surface area (Å²) in [6, 6.07) is 0. The van der Waals surface area contributed by atoms with E-state index in [-0.39, 0.29) is 0 Å². The van der Waals surface area contributed by atoms with Crippen LogP contribution in [0.25, 0.3) is 0 Å². The van der Waals surface area contributed by atoms with E-state index in [2.05, 4.69) is 15.0 Å². The molecule has 1 fully saturated rings. The summed E-state index contributed by atoms with van der Waals surface area (Å²) in [6.45, 7) is 0. The molecule has 2 aromatic rings. The average molecular weight is 228 g/mol. The topological polar surface area (TPSA) is 51.8 Å². The number of aromatic nitrogens is 3. The van der Waals surface area contributed by atoms with Gasteiger partial charge in [0.05, 0.1) is 11.4 Å². The van der Waals surface area contributed by atoms with Crippen LogP contribution in [0, 0.1) is 5.92 Å². The Hall–Kier alpha value is -1.71. The Labute approximate surface area is 100 Å². The van der Waals surface area contributed by atoms with Crippen LogP contribution in [-0.2, 0) is 0 Å². The lowest BCUT2D eigenvalue weighted by atomic mass is 9.76. The third kappa shape index (κ3) is 2.07. The third-order valence-electron chi connectivity index (χ3n) is 3.31. The van der Waals surface area contributed by atoms with E-state index >= 15 is 0 Å². The minimum absolute atomic E-state index is 0.346. The second kappa shape index (κ2) is 4.65. The Morgan fingerprint density at radius 1 is 1.18 bits per heavy atom. The Balaban J connectivity index is 1.91. The molecule has 87 valence electrons. The van der Waals surface area contributed by atoms with E-state index in [4.69, 9.17) is 4.42 Å². The van der Waals surface area contributed by atoms with Gasteiger partial charge in [0.1, 0.15) is 6.26 Å². The van der Waals surface area contributed by atoms with Crippen LogP contribution in [0.15, 0.2) is 35.7 Å². The van der Waals surface area contributed by atoms with Crippen LogP contribution in [0.2, 0.25) is 0 Å². The molecule has 0 bridgehead atoms. The molecule has 0 aliphatic heterocycles. The van der Waals surface area contributed by atoms with Crippen LogP contribution in [0.1, 0.15) is 43.0 Å². The van der Waals surface area contributed by atoms with Gasteiger partial charge in [-0.3, -0.25) is 9.97 Å². The summed E-state index contributed by atoms with van der Waals surface area (Å²) in [5, 5.41) is 0. The number of nitrogens with zero attached hydrogens (tertiary/aromatic N) is 3. The molecule has 0 saturated heterocycles. The molecule has 1 radical (unpaired) electrons. The first-order valence-corrected chi connectivity index (χ1v) is 5.95. The molecular weight excluding hydrogens is 214 g/mol. The first-order chi connectivity index (χ1) is 8.45. The third-order valence-corrected chi connectivity index (χ3v) is 3.31. The maximum absolute atomic E-state index is 5.09. The van der Waals surface area contributed by atoms with Crippen LogP contribution in [0.4, 0.5) is 0 Å². The van der Waals surface area contributed by atoms with Crippen molar-refractivity contribution >= 4 is 0 Å². The van der Waals surface area contributed by atoms with Gasteiger partial charge in [-0.25, -0.2) is 4.98 Å². The molecule has 1 atom stereocenters. The van der Waals surface area contributed by atoms with Gasteiger partial charge in [-0.2, -0.15) is 0 Å². The van der Waals surface area contributed by atoms with E-state index < -0.39 is 0 Å². The smallest absolute Gasteiger partial charge is 0.180 e. The van der Waals surface area contributed by atoms with Crippen molar-refractivity contribution in [2.24, 2.45) is 0 Å². The summed E-state index contributed by atoms with van der Waals surface area (Å²) < 4.78 is 5.09. The highest BCUT2D eigenvalue weighted by Gasteiger charge is 2.31. The van der Waals surface area contributed by atoms with Crippen molar-refractivity contribution in [1.29, 1.82) is 0 Å². The normalized spacial score (nSPS) is 21.5. The van der Waals surface area contributed by atoms with Gasteiger partial charge in [0.15, 0.2) is 6.39 Å². The highest BCUT2D eigenvalue weighted by atomic mass is 16.3. The monoisotopic (exact) mass is 228 g/mol. The van der Waals surface area contributed by atoms with Gasteiger partial charge in [0, 0.05) is 30.4 Å². The standard InChI is InChI=1S/C13H14N3O/c1-2-4-11(13-8-17-9-16-13)10(3-1)12-7-14-5-6-15-12/h5-9,11H,1-4H2. The minimum atomic E-state index is 0.346. The summed E-state index contributed by atoms with van der Waals surface area (Å²) in [5.74, 6) is 1.69. The van der Waals surface area contributed by atoms with Gasteiger partial charge >= 0.3 is 0 Å². The van der Waals surface area contributed by atoms with Crippen molar-refractivity contribution in [3.8, 4) is 0 Å². The molecule has 2 aromatic heterocycles. The molecule has 17 heavy (non-hydrogen) atoms. The highest BCUT2D eigenvalue weighted by molar-refractivity contribution is 5.30. The molecule has 3 rings (SSSR count). The summed E-state index contributed by atoms with van der Waals surface area (Å²) >= 11 is 0. The van der Waals surface area contributed by atoms with E-state index in [1.165, 1.54) is 25.2 Å². The quantitative estimate of drug-likeness (QED) is 0.793. The van der Waals surface area contributed by atoms with Crippen LogP contribution < -0.4 is 0 Å². The second-order valence-electron chi connectivity index (χ2n) is 4.33. The van der Waals surface area contributed by atoms with Crippen molar-refractivity contribution in [2.75, 3.05) is 0 Å². The first kappa shape index (κ1) is 10.4. The fraction of sp³-hybridized carbons (Fsp3) is 0.385. The first-order valence-electron chi connectivity index (χ1n) is 5.95. The Kier molecular flexibility index (Phi) is 2.86. The molecule has 1 saturated carbocycles. The highest BCUT2D eigenvalue weighted by Crippen LogP contribution is 2.41. The van der Waals surface area contributed by atoms with Gasteiger partial charge in [-0.1, -0.05) is 12.8 Å². The van der Waals surface area contributed by atoms with E-state index in [1.54, 1.807) is 18.7 Å². The van der Waals surface area contributed by atoms with Crippen molar-refractivity contribution in [3.63, 3.8) is 0 Å². The zero-order chi connectivity index (χ0) is 11.5. The van der Waals surface area contributed by atoms with Gasteiger partial charge in [0.2, 0.25) is 0 Å². The van der Waals surface area contributed by atoms with Crippen LogP contribution in [0.3, 0.4) is 0 Å². The zero-order valence-electron chi connectivity index (χ0n) is 9.54. The molecule has 1 aliphatic rings. The van der Waals surface area contributed by atoms with Crippen molar-refractivity contribution < 1.29 is 4.42 Å². The van der Waals surface area contributed by atoms with Gasteiger partial charge < -0.3 is 4.42 Å². The molecule has 0 amide bonds. The number of rotatable bonds is 2. The van der Waals surface area contributed by atoms with Crippen LogP contribution in [0.5, 0.6) is 0 Å². The van der Waals surface area contributed by atoms with E-state index in [1.807, 2.05) is 6.20 Å². The molecule has 4 heteroatoms. The van der Waals surface area contributed by atoms with Crippen LogP contribution >= 0.6 is 0 Å². The SMILES string of the molecule is c1cnc([C]2CCCCC2c2cocn2)cn1. The molecule has 4 nitrogen and oxygen atoms in total. The largest absolute Gasteiger partial charge is 0.451 e. The van der Waals surface area contributed by atoms with E-state index in [9.17, 15) is 0 Å². The molecule has 1 unspecified atom stereocenters. The maximum Gasteiger partial charge on any atom is 0.180 e. The van der Waals surface area contributed by atoms with Crippen LogP contribution in [-0.4, -0.2) is 15.0 Å². The molecule has 0 spiro atoms. The lowest BCUT2D eigenvalue weighted by Gasteiger charge is -2.28. The Morgan fingerprint density at radius 3 is 2.94 bits per heavy atom. The summed E-state index contributed by atoms with van der Waals surface area (Å²) in [6.07, 6.45) is 13.2. The summed E-state index contributed by atoms with van der Waals surface area (Å²) in [4.78, 5) is 12.8. The second-order valence-corrected chi connectivity index (χ2v) is 4.33. The molecule has 0 N–H and O–H groups in total. The van der Waals surface area contributed by atoms with Crippen molar-refractivity contribution in [2.45, 2.75) is 31.6 Å². The van der Waals surface area contributed by atoms with Gasteiger partial charge in [-0.15, -0.1) is 0 Å². The fourth-order valence-corrected chi connectivity index (χ4v) is 2.50.